The molecule has 0 N–H and O–H groups in total. The van der Waals surface area contributed by atoms with Gasteiger partial charge in [-0.15, -0.1) is 0 Å². The summed E-state index contributed by atoms with van der Waals surface area (Å²) < 4.78 is 5.12. The molecule has 15 heavy (non-hydrogen) atoms. The Bertz CT molecular complexity index is 199. The molecule has 4 nitrogen and oxygen atoms in total. The normalized spacial score (nSPS) is 18.5. The first kappa shape index (κ1) is 12.5. The van der Waals surface area contributed by atoms with Gasteiger partial charge in [0.2, 0.25) is 5.91 Å². The van der Waals surface area contributed by atoms with Crippen molar-refractivity contribution in [1.82, 2.24) is 9.80 Å². The summed E-state index contributed by atoms with van der Waals surface area (Å²) in [7, 11) is 0. The van der Waals surface area contributed by atoms with Crippen LogP contribution in [-0.4, -0.2) is 61.1 Å². The van der Waals surface area contributed by atoms with Crippen LogP contribution in [0.25, 0.3) is 0 Å². The molecule has 1 saturated heterocycles. The predicted molar refractivity (Wildman–Crippen MR) is 59.8 cm³/mol. The minimum Gasteiger partial charge on any atom is -0.372 e. The van der Waals surface area contributed by atoms with Crippen molar-refractivity contribution in [2.24, 2.45) is 0 Å². The average molecular weight is 214 g/mol. The molecule has 0 aromatic heterocycles. The van der Waals surface area contributed by atoms with Crippen molar-refractivity contribution in [2.75, 3.05) is 39.4 Å². The number of amides is 1. The lowest BCUT2D eigenvalue weighted by molar-refractivity contribution is -0.138. The highest BCUT2D eigenvalue weighted by Crippen LogP contribution is 2.05. The first-order chi connectivity index (χ1) is 7.15. The van der Waals surface area contributed by atoms with Crippen molar-refractivity contribution in [1.29, 1.82) is 0 Å². The summed E-state index contributed by atoms with van der Waals surface area (Å²) in [4.78, 5) is 15.9. The molecule has 0 spiro atoms. The Morgan fingerprint density at radius 1 is 1.27 bits per heavy atom. The van der Waals surface area contributed by atoms with Crippen molar-refractivity contribution < 1.29 is 9.53 Å². The zero-order chi connectivity index (χ0) is 11.3. The lowest BCUT2D eigenvalue weighted by atomic mass is 10.2. The third-order valence-electron chi connectivity index (χ3n) is 2.83. The van der Waals surface area contributed by atoms with Gasteiger partial charge in [0.25, 0.3) is 0 Å². The van der Waals surface area contributed by atoms with E-state index in [9.17, 15) is 4.79 Å². The van der Waals surface area contributed by atoms with Gasteiger partial charge < -0.3 is 9.64 Å². The van der Waals surface area contributed by atoms with Gasteiger partial charge in [-0.25, -0.2) is 0 Å². The minimum absolute atomic E-state index is 0.125. The second kappa shape index (κ2) is 6.08. The summed E-state index contributed by atoms with van der Waals surface area (Å²) in [6.07, 6.45) is 0. The standard InChI is InChI=1S/C11H22N2O2/c1-4-15-9-11(14)13-7-5-12(6-8-13)10(2)3/h10H,4-9H2,1-3H3. The van der Waals surface area contributed by atoms with E-state index in [0.29, 0.717) is 12.6 Å². The zero-order valence-corrected chi connectivity index (χ0v) is 10.0. The molecule has 0 aliphatic carbocycles. The fourth-order valence-corrected chi connectivity index (χ4v) is 1.77. The summed E-state index contributed by atoms with van der Waals surface area (Å²) in [6, 6.07) is 0.578. The van der Waals surface area contributed by atoms with Crippen LogP contribution in [0.5, 0.6) is 0 Å². The van der Waals surface area contributed by atoms with Crippen LogP contribution in [0.2, 0.25) is 0 Å². The average Bonchev–Trinajstić information content (AvgIpc) is 2.26. The van der Waals surface area contributed by atoms with Gasteiger partial charge in [0.15, 0.2) is 0 Å². The summed E-state index contributed by atoms with van der Waals surface area (Å²) in [6.45, 7) is 10.8. The molecule has 1 aliphatic rings. The molecule has 0 bridgehead atoms. The highest BCUT2D eigenvalue weighted by Gasteiger charge is 2.21. The number of ether oxygens (including phenoxy) is 1. The molecule has 4 heteroatoms. The van der Waals surface area contributed by atoms with Crippen molar-refractivity contribution in [3.63, 3.8) is 0 Å². The molecule has 88 valence electrons. The van der Waals surface area contributed by atoms with Gasteiger partial charge in [-0.1, -0.05) is 0 Å². The Kier molecular flexibility index (Phi) is 5.05. The predicted octanol–water partition coefficient (Wildman–Crippen LogP) is 0.575. The summed E-state index contributed by atoms with van der Waals surface area (Å²) in [5.74, 6) is 0.125. The summed E-state index contributed by atoms with van der Waals surface area (Å²) in [5.41, 5.74) is 0. The van der Waals surface area contributed by atoms with Gasteiger partial charge in [-0.05, 0) is 20.8 Å². The SMILES string of the molecule is CCOCC(=O)N1CCN(C(C)C)CC1. The molecule has 0 atom stereocenters. The number of rotatable bonds is 4. The van der Waals surface area contributed by atoms with E-state index in [1.54, 1.807) is 0 Å². The minimum atomic E-state index is 0.125. The van der Waals surface area contributed by atoms with Crippen LogP contribution in [0, 0.1) is 0 Å². The van der Waals surface area contributed by atoms with Crippen LogP contribution in [0.3, 0.4) is 0 Å². The molecule has 0 aromatic rings. The summed E-state index contributed by atoms with van der Waals surface area (Å²) in [5, 5.41) is 0. The van der Waals surface area contributed by atoms with E-state index in [0.717, 1.165) is 26.2 Å². The van der Waals surface area contributed by atoms with E-state index in [2.05, 4.69) is 18.7 Å². The highest BCUT2D eigenvalue weighted by atomic mass is 16.5. The molecular formula is C11H22N2O2. The molecular weight excluding hydrogens is 192 g/mol. The van der Waals surface area contributed by atoms with E-state index in [1.807, 2.05) is 11.8 Å². The third-order valence-corrected chi connectivity index (χ3v) is 2.83. The Hall–Kier alpha value is -0.610. The monoisotopic (exact) mass is 214 g/mol. The smallest absolute Gasteiger partial charge is 0.248 e. The molecule has 1 heterocycles. The topological polar surface area (TPSA) is 32.8 Å². The van der Waals surface area contributed by atoms with Gasteiger partial charge in [0.1, 0.15) is 6.61 Å². The van der Waals surface area contributed by atoms with Crippen LogP contribution in [0.1, 0.15) is 20.8 Å². The second-order valence-electron chi connectivity index (χ2n) is 4.15. The first-order valence-electron chi connectivity index (χ1n) is 5.74. The van der Waals surface area contributed by atoms with Crippen LogP contribution in [0.15, 0.2) is 0 Å². The highest BCUT2D eigenvalue weighted by molar-refractivity contribution is 5.77. The number of piperazine rings is 1. The summed E-state index contributed by atoms with van der Waals surface area (Å²) >= 11 is 0. The zero-order valence-electron chi connectivity index (χ0n) is 10.0. The maximum Gasteiger partial charge on any atom is 0.248 e. The molecule has 0 saturated carbocycles. The van der Waals surface area contributed by atoms with Crippen LogP contribution in [0.4, 0.5) is 0 Å². The number of hydrogen-bond acceptors (Lipinski definition) is 3. The van der Waals surface area contributed by atoms with Crippen molar-refractivity contribution in [3.8, 4) is 0 Å². The number of carbonyl (C=O) groups is 1. The number of hydrogen-bond donors (Lipinski definition) is 0. The molecule has 0 radical (unpaired) electrons. The largest absolute Gasteiger partial charge is 0.372 e. The van der Waals surface area contributed by atoms with Crippen molar-refractivity contribution in [3.05, 3.63) is 0 Å². The Labute approximate surface area is 92.2 Å². The molecule has 1 rings (SSSR count). The number of nitrogens with zero attached hydrogens (tertiary/aromatic N) is 2. The van der Waals surface area contributed by atoms with E-state index >= 15 is 0 Å². The fraction of sp³-hybridized carbons (Fsp3) is 0.909. The van der Waals surface area contributed by atoms with Gasteiger partial charge >= 0.3 is 0 Å². The third kappa shape index (κ3) is 3.80. The first-order valence-corrected chi connectivity index (χ1v) is 5.74. The van der Waals surface area contributed by atoms with Gasteiger partial charge in [-0.2, -0.15) is 0 Å². The Morgan fingerprint density at radius 2 is 1.87 bits per heavy atom. The molecule has 1 aliphatic heterocycles. The van der Waals surface area contributed by atoms with Gasteiger partial charge in [0.05, 0.1) is 0 Å². The fourth-order valence-electron chi connectivity index (χ4n) is 1.77. The maximum atomic E-state index is 11.6. The van der Waals surface area contributed by atoms with E-state index in [-0.39, 0.29) is 12.5 Å². The van der Waals surface area contributed by atoms with Gasteiger partial charge in [0, 0.05) is 38.8 Å². The second-order valence-corrected chi connectivity index (χ2v) is 4.15. The van der Waals surface area contributed by atoms with Crippen LogP contribution in [-0.2, 0) is 9.53 Å². The van der Waals surface area contributed by atoms with Crippen molar-refractivity contribution >= 4 is 5.91 Å². The van der Waals surface area contributed by atoms with Crippen molar-refractivity contribution in [2.45, 2.75) is 26.8 Å². The molecule has 0 unspecified atom stereocenters. The van der Waals surface area contributed by atoms with E-state index in [1.165, 1.54) is 0 Å². The Balaban J connectivity index is 2.27. The van der Waals surface area contributed by atoms with Gasteiger partial charge in [-0.3, -0.25) is 9.69 Å². The Morgan fingerprint density at radius 3 is 2.33 bits per heavy atom. The van der Waals surface area contributed by atoms with Crippen LogP contribution < -0.4 is 0 Å². The maximum absolute atomic E-state index is 11.6. The number of carbonyl (C=O) groups excluding carboxylic acids is 1. The lowest BCUT2D eigenvalue weighted by Gasteiger charge is -2.36. The van der Waals surface area contributed by atoms with Crippen LogP contribution >= 0.6 is 0 Å². The molecule has 1 fully saturated rings. The molecule has 0 aromatic carbocycles. The van der Waals surface area contributed by atoms with E-state index in [4.69, 9.17) is 4.74 Å². The van der Waals surface area contributed by atoms with E-state index < -0.39 is 0 Å². The quantitative estimate of drug-likeness (QED) is 0.686. The molecule has 1 amide bonds. The lowest BCUT2D eigenvalue weighted by Crippen LogP contribution is -2.51.